The van der Waals surface area contributed by atoms with Crippen molar-refractivity contribution in [2.24, 2.45) is 5.73 Å². The minimum Gasteiger partial charge on any atom is -0.368 e. The first-order valence-electron chi connectivity index (χ1n) is 4.22. The van der Waals surface area contributed by atoms with Crippen LogP contribution in [-0.4, -0.2) is 30.3 Å². The van der Waals surface area contributed by atoms with Gasteiger partial charge in [0.25, 0.3) is 0 Å². The van der Waals surface area contributed by atoms with E-state index in [1.807, 2.05) is 0 Å². The molecule has 16 heavy (non-hydrogen) atoms. The summed E-state index contributed by atoms with van der Waals surface area (Å²) in [6, 6.07) is -1.01. The molecule has 1 atom stereocenters. The van der Waals surface area contributed by atoms with Crippen molar-refractivity contribution < 1.29 is 13.2 Å². The summed E-state index contributed by atoms with van der Waals surface area (Å²) in [6.07, 6.45) is 2.08. The molecular formula is C7H11N5O3S. The number of nitrogens with one attached hydrogen (secondary N) is 1. The third kappa shape index (κ3) is 2.87. The number of amides is 1. The Bertz CT molecular complexity index is 483. The van der Waals surface area contributed by atoms with Crippen LogP contribution in [-0.2, 0) is 14.8 Å². The summed E-state index contributed by atoms with van der Waals surface area (Å²) in [5, 5.41) is 0. The minimum absolute atomic E-state index is 0.0399. The van der Waals surface area contributed by atoms with E-state index in [1.165, 1.54) is 6.92 Å². The van der Waals surface area contributed by atoms with Crippen LogP contribution in [0.1, 0.15) is 6.92 Å². The Morgan fingerprint density at radius 3 is 2.38 bits per heavy atom. The molecule has 0 aliphatic rings. The van der Waals surface area contributed by atoms with Gasteiger partial charge in [-0.15, -0.1) is 0 Å². The topological polar surface area (TPSA) is 141 Å². The van der Waals surface area contributed by atoms with Gasteiger partial charge in [-0.2, -0.15) is 4.72 Å². The molecule has 0 aliphatic carbocycles. The van der Waals surface area contributed by atoms with E-state index in [0.29, 0.717) is 0 Å². The number of primary amides is 1. The fourth-order valence-electron chi connectivity index (χ4n) is 0.824. The lowest BCUT2D eigenvalue weighted by molar-refractivity contribution is -0.119. The summed E-state index contributed by atoms with van der Waals surface area (Å²) >= 11 is 0. The number of hydrogen-bond acceptors (Lipinski definition) is 6. The predicted molar refractivity (Wildman–Crippen MR) is 55.4 cm³/mol. The Morgan fingerprint density at radius 1 is 1.44 bits per heavy atom. The summed E-state index contributed by atoms with van der Waals surface area (Å²) in [7, 11) is -3.85. The average molecular weight is 245 g/mol. The SMILES string of the molecule is CC(NS(=O)(=O)c1cnc(N)nc1)C(N)=O. The quantitative estimate of drug-likeness (QED) is 0.572. The molecule has 0 fully saturated rings. The van der Waals surface area contributed by atoms with Crippen LogP contribution in [0.2, 0.25) is 0 Å². The Balaban J connectivity index is 2.94. The first-order chi connectivity index (χ1) is 7.33. The standard InChI is InChI=1S/C7H11N5O3S/c1-4(6(8)13)12-16(14,15)5-2-10-7(9)11-3-5/h2-4,12H,1H3,(H2,8,13)(H2,9,10,11). The van der Waals surface area contributed by atoms with Gasteiger partial charge in [0.2, 0.25) is 21.9 Å². The van der Waals surface area contributed by atoms with Gasteiger partial charge in [0, 0.05) is 0 Å². The van der Waals surface area contributed by atoms with Gasteiger partial charge in [0.05, 0.1) is 18.4 Å². The number of carbonyl (C=O) groups excluding carboxylic acids is 1. The average Bonchev–Trinajstić information content (AvgIpc) is 2.17. The maximum atomic E-state index is 11.6. The number of nitrogens with zero attached hydrogens (tertiary/aromatic N) is 2. The normalized spacial score (nSPS) is 13.3. The summed E-state index contributed by atoms with van der Waals surface area (Å²) in [4.78, 5) is 17.6. The van der Waals surface area contributed by atoms with Crippen LogP contribution < -0.4 is 16.2 Å². The molecule has 0 bridgehead atoms. The number of aromatic nitrogens is 2. The summed E-state index contributed by atoms with van der Waals surface area (Å²) in [5.74, 6) is -0.818. The highest BCUT2D eigenvalue weighted by Gasteiger charge is 2.20. The van der Waals surface area contributed by atoms with Gasteiger partial charge in [0.1, 0.15) is 4.90 Å². The van der Waals surface area contributed by atoms with Gasteiger partial charge in [-0.25, -0.2) is 18.4 Å². The molecule has 0 saturated carbocycles. The maximum Gasteiger partial charge on any atom is 0.244 e. The Labute approximate surface area is 92.1 Å². The summed E-state index contributed by atoms with van der Waals surface area (Å²) in [5.41, 5.74) is 10.1. The monoisotopic (exact) mass is 245 g/mol. The molecule has 1 aromatic heterocycles. The van der Waals surface area contributed by atoms with Crippen molar-refractivity contribution in [2.75, 3.05) is 5.73 Å². The first kappa shape index (κ1) is 12.3. The molecule has 8 nitrogen and oxygen atoms in total. The molecule has 1 aromatic rings. The molecule has 0 radical (unpaired) electrons. The highest BCUT2D eigenvalue weighted by Crippen LogP contribution is 2.06. The van der Waals surface area contributed by atoms with Crippen LogP contribution in [0.5, 0.6) is 0 Å². The van der Waals surface area contributed by atoms with Crippen molar-refractivity contribution in [3.05, 3.63) is 12.4 Å². The third-order valence-corrected chi connectivity index (χ3v) is 3.21. The Hall–Kier alpha value is -1.74. The number of carbonyl (C=O) groups is 1. The molecule has 0 spiro atoms. The van der Waals surface area contributed by atoms with Crippen LogP contribution in [0.15, 0.2) is 17.3 Å². The summed E-state index contributed by atoms with van der Waals surface area (Å²) in [6.45, 7) is 1.33. The lowest BCUT2D eigenvalue weighted by atomic mass is 10.4. The largest absolute Gasteiger partial charge is 0.368 e. The van der Waals surface area contributed by atoms with Crippen LogP contribution >= 0.6 is 0 Å². The minimum atomic E-state index is -3.85. The molecular weight excluding hydrogens is 234 g/mol. The second-order valence-electron chi connectivity index (χ2n) is 3.02. The molecule has 0 aromatic carbocycles. The molecule has 9 heteroatoms. The van der Waals surface area contributed by atoms with Gasteiger partial charge in [-0.05, 0) is 6.92 Å². The van der Waals surface area contributed by atoms with E-state index in [2.05, 4.69) is 14.7 Å². The number of nitrogen functional groups attached to an aromatic ring is 1. The van der Waals surface area contributed by atoms with Crippen LogP contribution in [0.3, 0.4) is 0 Å². The Morgan fingerprint density at radius 2 is 1.94 bits per heavy atom. The highest BCUT2D eigenvalue weighted by molar-refractivity contribution is 7.89. The van der Waals surface area contributed by atoms with E-state index < -0.39 is 22.0 Å². The molecule has 88 valence electrons. The molecule has 0 saturated heterocycles. The van der Waals surface area contributed by atoms with Crippen molar-refractivity contribution in [3.8, 4) is 0 Å². The van der Waals surface area contributed by atoms with Crippen molar-refractivity contribution in [2.45, 2.75) is 17.9 Å². The third-order valence-electron chi connectivity index (χ3n) is 1.72. The van der Waals surface area contributed by atoms with E-state index in [0.717, 1.165) is 12.4 Å². The molecule has 1 rings (SSSR count). The molecule has 1 unspecified atom stereocenters. The fourth-order valence-corrected chi connectivity index (χ4v) is 1.92. The molecule has 5 N–H and O–H groups in total. The van der Waals surface area contributed by atoms with Crippen molar-refractivity contribution in [1.29, 1.82) is 0 Å². The summed E-state index contributed by atoms with van der Waals surface area (Å²) < 4.78 is 25.3. The van der Waals surface area contributed by atoms with Gasteiger partial charge in [-0.1, -0.05) is 0 Å². The lowest BCUT2D eigenvalue weighted by Gasteiger charge is -2.10. The van der Waals surface area contributed by atoms with E-state index in [9.17, 15) is 13.2 Å². The van der Waals surface area contributed by atoms with E-state index in [4.69, 9.17) is 11.5 Å². The lowest BCUT2D eigenvalue weighted by Crippen LogP contribution is -2.42. The number of hydrogen-bond donors (Lipinski definition) is 3. The van der Waals surface area contributed by atoms with Gasteiger partial charge >= 0.3 is 0 Å². The van der Waals surface area contributed by atoms with Gasteiger partial charge in [0.15, 0.2) is 0 Å². The van der Waals surface area contributed by atoms with E-state index in [-0.39, 0.29) is 10.8 Å². The number of sulfonamides is 1. The smallest absolute Gasteiger partial charge is 0.244 e. The zero-order valence-electron chi connectivity index (χ0n) is 8.41. The maximum absolute atomic E-state index is 11.6. The predicted octanol–water partition coefficient (Wildman–Crippen LogP) is -1.79. The number of anilines is 1. The molecule has 0 aliphatic heterocycles. The first-order valence-corrected chi connectivity index (χ1v) is 5.70. The Kier molecular flexibility index (Phi) is 3.40. The van der Waals surface area contributed by atoms with Crippen LogP contribution in [0, 0.1) is 0 Å². The van der Waals surface area contributed by atoms with Crippen LogP contribution in [0.25, 0.3) is 0 Å². The number of nitrogens with two attached hydrogens (primary N) is 2. The van der Waals surface area contributed by atoms with E-state index >= 15 is 0 Å². The highest BCUT2D eigenvalue weighted by atomic mass is 32.2. The second kappa shape index (κ2) is 4.41. The molecule has 1 heterocycles. The second-order valence-corrected chi connectivity index (χ2v) is 4.74. The molecule has 1 amide bonds. The zero-order chi connectivity index (χ0) is 12.3. The van der Waals surface area contributed by atoms with Gasteiger partial charge < -0.3 is 11.5 Å². The number of rotatable bonds is 4. The van der Waals surface area contributed by atoms with Crippen molar-refractivity contribution >= 4 is 21.9 Å². The van der Waals surface area contributed by atoms with Gasteiger partial charge in [-0.3, -0.25) is 4.79 Å². The van der Waals surface area contributed by atoms with Crippen LogP contribution in [0.4, 0.5) is 5.95 Å². The zero-order valence-corrected chi connectivity index (χ0v) is 9.23. The fraction of sp³-hybridized carbons (Fsp3) is 0.286. The van der Waals surface area contributed by atoms with E-state index in [1.54, 1.807) is 0 Å². The van der Waals surface area contributed by atoms with Crippen molar-refractivity contribution in [3.63, 3.8) is 0 Å². The van der Waals surface area contributed by atoms with Crippen molar-refractivity contribution in [1.82, 2.24) is 14.7 Å².